The maximum atomic E-state index is 10.7. The number of carbonyl (C=O) groups excluding carboxylic acids is 1. The molecule has 96 valence electrons. The third kappa shape index (κ3) is 2.06. The first kappa shape index (κ1) is 12.8. The van der Waals surface area contributed by atoms with Crippen molar-refractivity contribution in [1.82, 2.24) is 0 Å². The van der Waals surface area contributed by atoms with E-state index in [9.17, 15) is 4.79 Å². The van der Waals surface area contributed by atoms with Gasteiger partial charge in [0.15, 0.2) is 0 Å². The van der Waals surface area contributed by atoms with Crippen molar-refractivity contribution in [3.8, 4) is 5.75 Å². The van der Waals surface area contributed by atoms with E-state index in [0.29, 0.717) is 0 Å². The molecule has 1 aliphatic rings. The van der Waals surface area contributed by atoms with Gasteiger partial charge in [0.1, 0.15) is 5.75 Å². The minimum Gasteiger partial charge on any atom is -0.496 e. The molecule has 1 aromatic carbocycles. The minimum atomic E-state index is -0.368. The lowest BCUT2D eigenvalue weighted by Gasteiger charge is -2.24. The van der Waals surface area contributed by atoms with Gasteiger partial charge in [0, 0.05) is 0 Å². The molecule has 0 heterocycles. The van der Waals surface area contributed by atoms with E-state index in [1.165, 1.54) is 5.56 Å². The van der Waals surface area contributed by atoms with Crippen molar-refractivity contribution in [3.63, 3.8) is 0 Å². The number of hydrogen-bond acceptors (Lipinski definition) is 3. The summed E-state index contributed by atoms with van der Waals surface area (Å²) in [6, 6.07) is 4.15. The predicted octanol–water partition coefficient (Wildman–Crippen LogP) is 3.42. The molecule has 0 unspecified atom stereocenters. The summed E-state index contributed by atoms with van der Waals surface area (Å²) in [5, 5.41) is 0. The Balaban J connectivity index is 2.55. The number of aliphatic imine (C=N–C) groups is 1. The van der Waals surface area contributed by atoms with Gasteiger partial charge in [-0.15, -0.1) is 0 Å². The lowest BCUT2D eigenvalue weighted by molar-refractivity contribution is 0.404. The van der Waals surface area contributed by atoms with Gasteiger partial charge in [-0.25, -0.2) is 4.79 Å². The molecule has 1 aromatic rings. The first-order valence-corrected chi connectivity index (χ1v) is 6.38. The van der Waals surface area contributed by atoms with Crippen LogP contribution in [0.25, 0.3) is 0 Å². The van der Waals surface area contributed by atoms with E-state index in [2.05, 4.69) is 18.0 Å². The van der Waals surface area contributed by atoms with Crippen LogP contribution in [0, 0.1) is 13.8 Å². The zero-order valence-electron chi connectivity index (χ0n) is 11.2. The van der Waals surface area contributed by atoms with Crippen LogP contribution in [0.1, 0.15) is 42.4 Å². The number of rotatable bonds is 3. The van der Waals surface area contributed by atoms with Gasteiger partial charge in [0.05, 0.1) is 12.6 Å². The second-order valence-electron chi connectivity index (χ2n) is 5.06. The van der Waals surface area contributed by atoms with Gasteiger partial charge in [-0.3, -0.25) is 0 Å². The molecule has 0 amide bonds. The van der Waals surface area contributed by atoms with E-state index in [4.69, 9.17) is 4.74 Å². The molecule has 0 atom stereocenters. The highest BCUT2D eigenvalue weighted by atomic mass is 16.5. The maximum Gasteiger partial charge on any atom is 0.235 e. The third-order valence-electron chi connectivity index (χ3n) is 4.07. The highest BCUT2D eigenvalue weighted by Crippen LogP contribution is 2.43. The number of benzene rings is 1. The van der Waals surface area contributed by atoms with Crippen LogP contribution < -0.4 is 4.74 Å². The Labute approximate surface area is 108 Å². The van der Waals surface area contributed by atoms with Gasteiger partial charge in [0.25, 0.3) is 0 Å². The number of methoxy groups -OCH3 is 1. The first-order chi connectivity index (χ1) is 8.63. The van der Waals surface area contributed by atoms with Crippen molar-refractivity contribution in [1.29, 1.82) is 0 Å². The van der Waals surface area contributed by atoms with Crippen LogP contribution >= 0.6 is 0 Å². The molecule has 0 aromatic heterocycles. The van der Waals surface area contributed by atoms with Crippen LogP contribution in [0.3, 0.4) is 0 Å². The molecule has 18 heavy (non-hydrogen) atoms. The average Bonchev–Trinajstić information content (AvgIpc) is 2.82. The summed E-state index contributed by atoms with van der Waals surface area (Å²) in [4.78, 5) is 14.8. The van der Waals surface area contributed by atoms with E-state index < -0.39 is 0 Å². The largest absolute Gasteiger partial charge is 0.496 e. The third-order valence-corrected chi connectivity index (χ3v) is 4.07. The maximum absolute atomic E-state index is 10.7. The van der Waals surface area contributed by atoms with E-state index >= 15 is 0 Å². The van der Waals surface area contributed by atoms with Crippen molar-refractivity contribution in [3.05, 3.63) is 28.8 Å². The Bertz CT molecular complexity index is 495. The summed E-state index contributed by atoms with van der Waals surface area (Å²) >= 11 is 0. The highest BCUT2D eigenvalue weighted by molar-refractivity contribution is 5.47. The Hall–Kier alpha value is -1.60. The molecule has 0 aliphatic heterocycles. The van der Waals surface area contributed by atoms with Gasteiger partial charge in [-0.05, 0) is 49.4 Å². The van der Waals surface area contributed by atoms with Gasteiger partial charge in [-0.2, -0.15) is 4.99 Å². The van der Waals surface area contributed by atoms with Crippen molar-refractivity contribution in [2.75, 3.05) is 7.11 Å². The molecule has 0 radical (unpaired) electrons. The molecule has 0 bridgehead atoms. The highest BCUT2D eigenvalue weighted by Gasteiger charge is 2.36. The first-order valence-electron chi connectivity index (χ1n) is 6.38. The zero-order chi connectivity index (χ0) is 13.2. The van der Waals surface area contributed by atoms with Gasteiger partial charge in [-0.1, -0.05) is 18.9 Å². The normalized spacial score (nSPS) is 17.3. The molecule has 1 saturated carbocycles. The van der Waals surface area contributed by atoms with Gasteiger partial charge in [0.2, 0.25) is 6.08 Å². The molecule has 1 aliphatic carbocycles. The molecule has 1 fully saturated rings. The SMILES string of the molecule is COc1cc(C2(N=C=O)CCCC2)cc(C)c1C. The monoisotopic (exact) mass is 245 g/mol. The van der Waals surface area contributed by atoms with Crippen LogP contribution in [0.15, 0.2) is 17.1 Å². The number of hydrogen-bond donors (Lipinski definition) is 0. The van der Waals surface area contributed by atoms with Crippen LogP contribution in [0.4, 0.5) is 0 Å². The standard InChI is InChI=1S/C15H19NO2/c1-11-8-13(9-14(18-3)12(11)2)15(16-10-17)6-4-5-7-15/h8-9H,4-7H2,1-3H3. The number of nitrogens with zero attached hydrogens (tertiary/aromatic N) is 1. The fourth-order valence-corrected chi connectivity index (χ4v) is 2.82. The van der Waals surface area contributed by atoms with Gasteiger partial charge >= 0.3 is 0 Å². The summed E-state index contributed by atoms with van der Waals surface area (Å²) in [7, 11) is 1.68. The Kier molecular flexibility index (Phi) is 3.53. The number of isocyanates is 1. The topological polar surface area (TPSA) is 38.7 Å². The average molecular weight is 245 g/mol. The fraction of sp³-hybridized carbons (Fsp3) is 0.533. The minimum absolute atomic E-state index is 0.368. The Morgan fingerprint density at radius 2 is 1.94 bits per heavy atom. The molecule has 3 nitrogen and oxygen atoms in total. The second kappa shape index (κ2) is 4.95. The predicted molar refractivity (Wildman–Crippen MR) is 70.7 cm³/mol. The smallest absolute Gasteiger partial charge is 0.235 e. The molecular weight excluding hydrogens is 226 g/mol. The quantitative estimate of drug-likeness (QED) is 0.604. The fourth-order valence-electron chi connectivity index (χ4n) is 2.82. The van der Waals surface area contributed by atoms with E-state index in [1.807, 2.05) is 13.0 Å². The lowest BCUT2D eigenvalue weighted by Crippen LogP contribution is -2.19. The van der Waals surface area contributed by atoms with Crippen molar-refractivity contribution in [2.24, 2.45) is 4.99 Å². The molecular formula is C15H19NO2. The Morgan fingerprint density at radius 3 is 2.50 bits per heavy atom. The molecule has 2 rings (SSSR count). The number of ether oxygens (including phenoxy) is 1. The van der Waals surface area contributed by atoms with E-state index in [1.54, 1.807) is 13.2 Å². The second-order valence-corrected chi connectivity index (χ2v) is 5.06. The summed E-state index contributed by atoms with van der Waals surface area (Å²) < 4.78 is 5.41. The van der Waals surface area contributed by atoms with Crippen LogP contribution in [-0.2, 0) is 10.3 Å². The molecule has 0 N–H and O–H groups in total. The van der Waals surface area contributed by atoms with Crippen LogP contribution in [0.2, 0.25) is 0 Å². The van der Waals surface area contributed by atoms with Crippen molar-refractivity contribution >= 4 is 6.08 Å². The Morgan fingerprint density at radius 1 is 1.28 bits per heavy atom. The summed E-state index contributed by atoms with van der Waals surface area (Å²) in [6.07, 6.45) is 5.83. The summed E-state index contributed by atoms with van der Waals surface area (Å²) in [5.41, 5.74) is 3.04. The van der Waals surface area contributed by atoms with Crippen LogP contribution in [0.5, 0.6) is 5.75 Å². The molecule has 0 spiro atoms. The van der Waals surface area contributed by atoms with Gasteiger partial charge < -0.3 is 4.74 Å². The molecule has 0 saturated heterocycles. The van der Waals surface area contributed by atoms with Crippen LogP contribution in [-0.4, -0.2) is 13.2 Å². The summed E-state index contributed by atoms with van der Waals surface area (Å²) in [6.45, 7) is 4.11. The zero-order valence-corrected chi connectivity index (χ0v) is 11.2. The van der Waals surface area contributed by atoms with E-state index in [-0.39, 0.29) is 5.54 Å². The molecule has 3 heteroatoms. The van der Waals surface area contributed by atoms with Crippen molar-refractivity contribution in [2.45, 2.75) is 45.1 Å². The number of aryl methyl sites for hydroxylation is 1. The lowest BCUT2D eigenvalue weighted by atomic mass is 9.87. The van der Waals surface area contributed by atoms with E-state index in [0.717, 1.165) is 42.6 Å². The van der Waals surface area contributed by atoms with Crippen molar-refractivity contribution < 1.29 is 9.53 Å². The summed E-state index contributed by atoms with van der Waals surface area (Å²) in [5.74, 6) is 0.873.